The van der Waals surface area contributed by atoms with Gasteiger partial charge in [0.05, 0.1) is 35.8 Å². The minimum Gasteiger partial charge on any atom is -0.397 e. The number of ether oxygens (including phenoxy) is 1. The SMILES string of the molecule is CC(C)OCCN(C)c1cc2[nH]ncc2cc1N. The third-order valence-electron chi connectivity index (χ3n) is 2.88. The summed E-state index contributed by atoms with van der Waals surface area (Å²) >= 11 is 0. The van der Waals surface area contributed by atoms with Crippen LogP contribution in [0.3, 0.4) is 0 Å². The number of aromatic amines is 1. The Labute approximate surface area is 107 Å². The van der Waals surface area contributed by atoms with E-state index in [-0.39, 0.29) is 6.10 Å². The molecule has 2 rings (SSSR count). The van der Waals surface area contributed by atoms with E-state index in [4.69, 9.17) is 10.5 Å². The predicted molar refractivity (Wildman–Crippen MR) is 74.9 cm³/mol. The summed E-state index contributed by atoms with van der Waals surface area (Å²) in [5, 5.41) is 7.99. The molecule has 0 saturated carbocycles. The highest BCUT2D eigenvalue weighted by Gasteiger charge is 2.08. The number of H-pyrrole nitrogens is 1. The topological polar surface area (TPSA) is 67.2 Å². The lowest BCUT2D eigenvalue weighted by Gasteiger charge is -2.21. The number of anilines is 2. The van der Waals surface area contributed by atoms with Crippen LogP contribution in [0.1, 0.15) is 13.8 Å². The third kappa shape index (κ3) is 2.73. The summed E-state index contributed by atoms with van der Waals surface area (Å²) in [4.78, 5) is 2.10. The molecule has 0 aliphatic rings. The highest BCUT2D eigenvalue weighted by molar-refractivity contribution is 5.88. The van der Waals surface area contributed by atoms with E-state index in [9.17, 15) is 0 Å². The van der Waals surface area contributed by atoms with Crippen LogP contribution < -0.4 is 10.6 Å². The van der Waals surface area contributed by atoms with Crippen molar-refractivity contribution in [3.8, 4) is 0 Å². The average molecular weight is 248 g/mol. The lowest BCUT2D eigenvalue weighted by molar-refractivity contribution is 0.0846. The zero-order valence-electron chi connectivity index (χ0n) is 11.1. The quantitative estimate of drug-likeness (QED) is 0.794. The maximum atomic E-state index is 6.05. The fourth-order valence-electron chi connectivity index (χ4n) is 1.87. The number of rotatable bonds is 5. The number of likely N-dealkylation sites (N-methyl/N-ethyl adjacent to an activating group) is 1. The lowest BCUT2D eigenvalue weighted by Crippen LogP contribution is -2.24. The van der Waals surface area contributed by atoms with Gasteiger partial charge in [-0.1, -0.05) is 0 Å². The zero-order valence-corrected chi connectivity index (χ0v) is 11.1. The monoisotopic (exact) mass is 248 g/mol. The van der Waals surface area contributed by atoms with Crippen molar-refractivity contribution in [1.82, 2.24) is 10.2 Å². The molecule has 0 aliphatic carbocycles. The molecule has 5 nitrogen and oxygen atoms in total. The summed E-state index contributed by atoms with van der Waals surface area (Å²) in [5.74, 6) is 0. The molecule has 0 spiro atoms. The van der Waals surface area contributed by atoms with Crippen molar-refractivity contribution in [3.63, 3.8) is 0 Å². The zero-order chi connectivity index (χ0) is 13.1. The van der Waals surface area contributed by atoms with Crippen molar-refractivity contribution in [3.05, 3.63) is 18.3 Å². The van der Waals surface area contributed by atoms with Gasteiger partial charge in [-0.25, -0.2) is 0 Å². The Hall–Kier alpha value is -1.75. The van der Waals surface area contributed by atoms with E-state index >= 15 is 0 Å². The van der Waals surface area contributed by atoms with E-state index in [1.807, 2.05) is 33.0 Å². The third-order valence-corrected chi connectivity index (χ3v) is 2.88. The number of hydrogen-bond donors (Lipinski definition) is 2. The van der Waals surface area contributed by atoms with Crippen LogP contribution in [0.15, 0.2) is 18.3 Å². The van der Waals surface area contributed by atoms with Gasteiger partial charge in [-0.05, 0) is 26.0 Å². The van der Waals surface area contributed by atoms with E-state index in [1.54, 1.807) is 6.20 Å². The van der Waals surface area contributed by atoms with Gasteiger partial charge >= 0.3 is 0 Å². The summed E-state index contributed by atoms with van der Waals surface area (Å²) < 4.78 is 5.54. The van der Waals surface area contributed by atoms with Crippen LogP contribution in [0.25, 0.3) is 10.9 Å². The van der Waals surface area contributed by atoms with Gasteiger partial charge in [0.15, 0.2) is 0 Å². The molecule has 3 N–H and O–H groups in total. The highest BCUT2D eigenvalue weighted by atomic mass is 16.5. The molecule has 98 valence electrons. The van der Waals surface area contributed by atoms with Crippen LogP contribution in [0.5, 0.6) is 0 Å². The molecule has 0 atom stereocenters. The molecule has 0 fully saturated rings. The van der Waals surface area contributed by atoms with Crippen molar-refractivity contribution in [2.24, 2.45) is 0 Å². The second-order valence-corrected chi connectivity index (χ2v) is 4.71. The molecule has 0 amide bonds. The number of hydrogen-bond acceptors (Lipinski definition) is 4. The standard InChI is InChI=1S/C13H20N4O/c1-9(2)18-5-4-17(3)13-7-12-10(6-11(13)14)8-15-16-12/h6-9H,4-5,14H2,1-3H3,(H,15,16). The fourth-order valence-corrected chi connectivity index (χ4v) is 1.87. The van der Waals surface area contributed by atoms with Crippen molar-refractivity contribution >= 4 is 22.3 Å². The first-order chi connectivity index (χ1) is 8.58. The van der Waals surface area contributed by atoms with Gasteiger partial charge < -0.3 is 15.4 Å². The van der Waals surface area contributed by atoms with Crippen LogP contribution in [-0.2, 0) is 4.74 Å². The molecule has 5 heteroatoms. The minimum atomic E-state index is 0.255. The summed E-state index contributed by atoms with van der Waals surface area (Å²) in [5.41, 5.74) is 8.81. The second kappa shape index (κ2) is 5.27. The normalized spacial score (nSPS) is 11.3. The van der Waals surface area contributed by atoms with Gasteiger partial charge in [0.1, 0.15) is 0 Å². The summed E-state index contributed by atoms with van der Waals surface area (Å²) in [6.07, 6.45) is 2.03. The van der Waals surface area contributed by atoms with Gasteiger partial charge in [0.25, 0.3) is 0 Å². The Kier molecular flexibility index (Phi) is 3.72. The van der Waals surface area contributed by atoms with Gasteiger partial charge in [0.2, 0.25) is 0 Å². The molecular formula is C13H20N4O. The number of aromatic nitrogens is 2. The molecule has 2 aromatic rings. The molecule has 1 aromatic carbocycles. The number of nitrogens with zero attached hydrogens (tertiary/aromatic N) is 2. The Bertz CT molecular complexity index is 521. The molecule has 18 heavy (non-hydrogen) atoms. The van der Waals surface area contributed by atoms with Crippen LogP contribution in [0, 0.1) is 0 Å². The Morgan fingerprint density at radius 2 is 2.22 bits per heavy atom. The fraction of sp³-hybridized carbons (Fsp3) is 0.462. The van der Waals surface area contributed by atoms with E-state index in [0.717, 1.165) is 28.8 Å². The van der Waals surface area contributed by atoms with Crippen LogP contribution in [0.4, 0.5) is 11.4 Å². The minimum absolute atomic E-state index is 0.255. The first-order valence-corrected chi connectivity index (χ1v) is 6.13. The van der Waals surface area contributed by atoms with Crippen molar-refractivity contribution in [1.29, 1.82) is 0 Å². The summed E-state index contributed by atoms with van der Waals surface area (Å²) in [6.45, 7) is 5.56. The van der Waals surface area contributed by atoms with Crippen LogP contribution in [0.2, 0.25) is 0 Å². The summed E-state index contributed by atoms with van der Waals surface area (Å²) in [7, 11) is 2.01. The molecule has 0 aliphatic heterocycles. The molecule has 1 aromatic heterocycles. The van der Waals surface area contributed by atoms with E-state index in [0.29, 0.717) is 6.61 Å². The predicted octanol–water partition coefficient (Wildman–Crippen LogP) is 2.01. The molecule has 1 heterocycles. The van der Waals surface area contributed by atoms with E-state index < -0.39 is 0 Å². The Balaban J connectivity index is 2.11. The van der Waals surface area contributed by atoms with Crippen molar-refractivity contribution in [2.75, 3.05) is 30.8 Å². The van der Waals surface area contributed by atoms with Gasteiger partial charge in [-0.3, -0.25) is 5.10 Å². The number of nitrogens with one attached hydrogen (secondary N) is 1. The second-order valence-electron chi connectivity index (χ2n) is 4.71. The molecule has 0 bridgehead atoms. The molecule has 0 saturated heterocycles. The first kappa shape index (κ1) is 12.7. The van der Waals surface area contributed by atoms with Gasteiger partial charge in [-0.15, -0.1) is 0 Å². The average Bonchev–Trinajstić information content (AvgIpc) is 2.74. The molecule has 0 radical (unpaired) electrons. The molecule has 0 unspecified atom stereocenters. The number of nitrogen functional groups attached to an aromatic ring is 1. The van der Waals surface area contributed by atoms with Gasteiger partial charge in [0, 0.05) is 19.0 Å². The number of nitrogens with two attached hydrogens (primary N) is 1. The maximum absolute atomic E-state index is 6.05. The van der Waals surface area contributed by atoms with Gasteiger partial charge in [-0.2, -0.15) is 5.10 Å². The summed E-state index contributed by atoms with van der Waals surface area (Å²) in [6, 6.07) is 3.96. The Morgan fingerprint density at radius 1 is 1.44 bits per heavy atom. The molecular weight excluding hydrogens is 228 g/mol. The van der Waals surface area contributed by atoms with Crippen LogP contribution >= 0.6 is 0 Å². The van der Waals surface area contributed by atoms with Crippen molar-refractivity contribution < 1.29 is 4.74 Å². The maximum Gasteiger partial charge on any atom is 0.0672 e. The number of benzene rings is 1. The largest absolute Gasteiger partial charge is 0.397 e. The van der Waals surface area contributed by atoms with Crippen molar-refractivity contribution in [2.45, 2.75) is 20.0 Å². The van der Waals surface area contributed by atoms with E-state index in [1.165, 1.54) is 0 Å². The highest BCUT2D eigenvalue weighted by Crippen LogP contribution is 2.27. The first-order valence-electron chi connectivity index (χ1n) is 6.13. The van der Waals surface area contributed by atoms with E-state index in [2.05, 4.69) is 15.1 Å². The number of fused-ring (bicyclic) bond motifs is 1. The lowest BCUT2D eigenvalue weighted by atomic mass is 10.2. The van der Waals surface area contributed by atoms with Crippen LogP contribution in [-0.4, -0.2) is 36.5 Å². The Morgan fingerprint density at radius 3 is 2.94 bits per heavy atom. The smallest absolute Gasteiger partial charge is 0.0672 e.